The lowest BCUT2D eigenvalue weighted by Crippen LogP contribution is -2.46. The summed E-state index contributed by atoms with van der Waals surface area (Å²) in [6, 6.07) is 10.7. The van der Waals surface area contributed by atoms with Crippen molar-refractivity contribution in [2.24, 2.45) is 0 Å². The van der Waals surface area contributed by atoms with Crippen molar-refractivity contribution in [1.29, 1.82) is 0 Å². The highest BCUT2D eigenvalue weighted by molar-refractivity contribution is 5.81. The number of rotatable bonds is 3. The molecule has 21 heavy (non-hydrogen) atoms. The Hall–Kier alpha value is -1.94. The van der Waals surface area contributed by atoms with E-state index in [1.807, 2.05) is 12.3 Å². The molecule has 0 saturated carbocycles. The molecule has 2 heterocycles. The third-order valence-corrected chi connectivity index (χ3v) is 4.04. The second-order valence-electron chi connectivity index (χ2n) is 5.76. The number of nitrogens with zero attached hydrogens (tertiary/aromatic N) is 2. The number of aromatic nitrogens is 1. The van der Waals surface area contributed by atoms with Crippen molar-refractivity contribution in [2.75, 3.05) is 13.1 Å². The van der Waals surface area contributed by atoms with E-state index in [0.29, 0.717) is 0 Å². The second kappa shape index (κ2) is 6.22. The first-order valence-electron chi connectivity index (χ1n) is 7.54. The SMILES string of the molecule is CC(=O)NC1CCCN(Cc2cccc3ncccc23)C1. The smallest absolute Gasteiger partial charge is 0.217 e. The van der Waals surface area contributed by atoms with E-state index in [4.69, 9.17) is 0 Å². The average molecular weight is 283 g/mol. The number of pyridine rings is 1. The molecule has 3 rings (SSSR count). The summed E-state index contributed by atoms with van der Waals surface area (Å²) in [6.07, 6.45) is 4.04. The van der Waals surface area contributed by atoms with E-state index in [0.717, 1.165) is 38.0 Å². The minimum Gasteiger partial charge on any atom is -0.352 e. The Morgan fingerprint density at radius 2 is 2.29 bits per heavy atom. The maximum atomic E-state index is 11.2. The highest BCUT2D eigenvalue weighted by atomic mass is 16.1. The largest absolute Gasteiger partial charge is 0.352 e. The summed E-state index contributed by atoms with van der Waals surface area (Å²) in [5.41, 5.74) is 2.36. The number of fused-ring (bicyclic) bond motifs is 1. The van der Waals surface area contributed by atoms with Gasteiger partial charge >= 0.3 is 0 Å². The lowest BCUT2D eigenvalue weighted by atomic mass is 10.0. The maximum absolute atomic E-state index is 11.2. The number of nitrogens with one attached hydrogen (secondary N) is 1. The Bertz CT molecular complexity index is 635. The minimum atomic E-state index is 0.0659. The minimum absolute atomic E-state index is 0.0659. The first kappa shape index (κ1) is 14.0. The molecular weight excluding hydrogens is 262 g/mol. The van der Waals surface area contributed by atoms with Crippen LogP contribution in [-0.4, -0.2) is 34.9 Å². The van der Waals surface area contributed by atoms with Crippen molar-refractivity contribution in [2.45, 2.75) is 32.4 Å². The summed E-state index contributed by atoms with van der Waals surface area (Å²) < 4.78 is 0. The van der Waals surface area contributed by atoms with Gasteiger partial charge in [0.15, 0.2) is 0 Å². The van der Waals surface area contributed by atoms with Crippen molar-refractivity contribution in [1.82, 2.24) is 15.2 Å². The predicted molar refractivity (Wildman–Crippen MR) is 83.9 cm³/mol. The molecule has 1 aliphatic rings. The van der Waals surface area contributed by atoms with Gasteiger partial charge in [-0.2, -0.15) is 0 Å². The van der Waals surface area contributed by atoms with E-state index in [1.165, 1.54) is 10.9 Å². The van der Waals surface area contributed by atoms with E-state index in [-0.39, 0.29) is 11.9 Å². The van der Waals surface area contributed by atoms with Crippen LogP contribution in [0.4, 0.5) is 0 Å². The van der Waals surface area contributed by atoms with Crippen LogP contribution in [0.2, 0.25) is 0 Å². The number of hydrogen-bond donors (Lipinski definition) is 1. The molecular formula is C17H21N3O. The van der Waals surface area contributed by atoms with E-state index < -0.39 is 0 Å². The number of benzene rings is 1. The van der Waals surface area contributed by atoms with Crippen molar-refractivity contribution in [3.63, 3.8) is 0 Å². The fraction of sp³-hybridized carbons (Fsp3) is 0.412. The zero-order valence-corrected chi connectivity index (χ0v) is 12.4. The molecule has 1 aromatic carbocycles. The van der Waals surface area contributed by atoms with E-state index in [2.05, 4.69) is 39.5 Å². The number of piperidine rings is 1. The zero-order chi connectivity index (χ0) is 14.7. The highest BCUT2D eigenvalue weighted by Crippen LogP contribution is 2.20. The summed E-state index contributed by atoms with van der Waals surface area (Å²) >= 11 is 0. The summed E-state index contributed by atoms with van der Waals surface area (Å²) in [6.45, 7) is 4.53. The van der Waals surface area contributed by atoms with Gasteiger partial charge in [-0.3, -0.25) is 14.7 Å². The lowest BCUT2D eigenvalue weighted by Gasteiger charge is -2.33. The Morgan fingerprint density at radius 3 is 3.14 bits per heavy atom. The van der Waals surface area contributed by atoms with Gasteiger partial charge in [-0.1, -0.05) is 18.2 Å². The molecule has 1 aliphatic heterocycles. The molecule has 1 fully saturated rings. The van der Waals surface area contributed by atoms with Crippen molar-refractivity contribution < 1.29 is 4.79 Å². The maximum Gasteiger partial charge on any atom is 0.217 e. The summed E-state index contributed by atoms with van der Waals surface area (Å²) in [4.78, 5) is 18.1. The monoisotopic (exact) mass is 283 g/mol. The number of carbonyl (C=O) groups is 1. The van der Waals surface area contributed by atoms with Gasteiger partial charge in [0, 0.05) is 37.6 Å². The predicted octanol–water partition coefficient (Wildman–Crippen LogP) is 2.34. The highest BCUT2D eigenvalue weighted by Gasteiger charge is 2.20. The standard InChI is InChI=1S/C17H21N3O/c1-13(21)19-15-6-4-10-20(12-15)11-14-5-2-8-17-16(14)7-3-9-18-17/h2-3,5,7-9,15H,4,6,10-12H2,1H3,(H,19,21). The van der Waals surface area contributed by atoms with Crippen LogP contribution in [-0.2, 0) is 11.3 Å². The van der Waals surface area contributed by atoms with Gasteiger partial charge in [0.05, 0.1) is 5.52 Å². The number of amides is 1. The van der Waals surface area contributed by atoms with Gasteiger partial charge in [0.1, 0.15) is 0 Å². The van der Waals surface area contributed by atoms with E-state index in [1.54, 1.807) is 6.92 Å². The number of likely N-dealkylation sites (tertiary alicyclic amines) is 1. The van der Waals surface area contributed by atoms with Crippen molar-refractivity contribution in [3.8, 4) is 0 Å². The molecule has 1 atom stereocenters. The number of carbonyl (C=O) groups excluding carboxylic acids is 1. The molecule has 4 nitrogen and oxygen atoms in total. The first-order valence-corrected chi connectivity index (χ1v) is 7.54. The molecule has 0 spiro atoms. The summed E-state index contributed by atoms with van der Waals surface area (Å²) in [7, 11) is 0. The van der Waals surface area contributed by atoms with Crippen molar-refractivity contribution >= 4 is 16.8 Å². The topological polar surface area (TPSA) is 45.2 Å². The number of hydrogen-bond acceptors (Lipinski definition) is 3. The zero-order valence-electron chi connectivity index (χ0n) is 12.4. The van der Waals surface area contributed by atoms with Gasteiger partial charge < -0.3 is 5.32 Å². The van der Waals surface area contributed by atoms with E-state index in [9.17, 15) is 4.79 Å². The molecule has 0 aliphatic carbocycles. The van der Waals surface area contributed by atoms with Crippen molar-refractivity contribution in [3.05, 3.63) is 42.1 Å². The Kier molecular flexibility index (Phi) is 4.15. The van der Waals surface area contributed by atoms with Crippen LogP contribution in [0.1, 0.15) is 25.3 Å². The Morgan fingerprint density at radius 1 is 1.38 bits per heavy atom. The molecule has 2 aromatic rings. The average Bonchev–Trinajstić information content (AvgIpc) is 2.47. The van der Waals surface area contributed by atoms with Gasteiger partial charge in [-0.25, -0.2) is 0 Å². The molecule has 110 valence electrons. The summed E-state index contributed by atoms with van der Waals surface area (Å²) in [5.74, 6) is 0.0659. The van der Waals surface area contributed by atoms with Gasteiger partial charge in [-0.15, -0.1) is 0 Å². The quantitative estimate of drug-likeness (QED) is 0.940. The molecule has 4 heteroatoms. The van der Waals surface area contributed by atoms with Crippen LogP contribution in [0.15, 0.2) is 36.5 Å². The third kappa shape index (κ3) is 3.39. The van der Waals surface area contributed by atoms with Gasteiger partial charge in [0.2, 0.25) is 5.91 Å². The summed E-state index contributed by atoms with van der Waals surface area (Å²) in [5, 5.41) is 4.27. The molecule has 1 saturated heterocycles. The molecule has 1 aromatic heterocycles. The molecule has 0 bridgehead atoms. The van der Waals surface area contributed by atoms with Gasteiger partial charge in [0.25, 0.3) is 0 Å². The van der Waals surface area contributed by atoms with Gasteiger partial charge in [-0.05, 0) is 37.1 Å². The molecule has 0 radical (unpaired) electrons. The van der Waals surface area contributed by atoms with Crippen LogP contribution >= 0.6 is 0 Å². The molecule has 1 amide bonds. The van der Waals surface area contributed by atoms with Crippen LogP contribution in [0.25, 0.3) is 10.9 Å². The fourth-order valence-corrected chi connectivity index (χ4v) is 3.15. The normalized spacial score (nSPS) is 19.6. The van der Waals surface area contributed by atoms with Crippen LogP contribution in [0, 0.1) is 0 Å². The molecule has 1 unspecified atom stereocenters. The lowest BCUT2D eigenvalue weighted by molar-refractivity contribution is -0.120. The first-order chi connectivity index (χ1) is 10.2. The van der Waals surface area contributed by atoms with E-state index >= 15 is 0 Å². The Labute approximate surface area is 125 Å². The van der Waals surface area contributed by atoms with Crippen LogP contribution in [0.5, 0.6) is 0 Å². The fourth-order valence-electron chi connectivity index (χ4n) is 3.15. The third-order valence-electron chi connectivity index (χ3n) is 4.04. The van der Waals surface area contributed by atoms with Crippen LogP contribution in [0.3, 0.4) is 0 Å². The molecule has 1 N–H and O–H groups in total. The Balaban J connectivity index is 1.74. The van der Waals surface area contributed by atoms with Crippen LogP contribution < -0.4 is 5.32 Å². The second-order valence-corrected chi connectivity index (χ2v) is 5.76.